The number of hydrogen-bond donors (Lipinski definition) is 2. The summed E-state index contributed by atoms with van der Waals surface area (Å²) < 4.78 is 7.16. The van der Waals surface area contributed by atoms with E-state index in [9.17, 15) is 9.59 Å². The van der Waals surface area contributed by atoms with Crippen LogP contribution in [0.3, 0.4) is 0 Å². The van der Waals surface area contributed by atoms with E-state index in [1.54, 1.807) is 13.0 Å². The Morgan fingerprint density at radius 1 is 1.12 bits per heavy atom. The number of carbonyl (C=O) groups is 1. The zero-order valence-corrected chi connectivity index (χ0v) is 18.4. The molecule has 2 unspecified atom stereocenters. The molecule has 0 saturated heterocycles. The Labute approximate surface area is 189 Å². The van der Waals surface area contributed by atoms with Crippen molar-refractivity contribution in [1.82, 2.24) is 15.0 Å². The summed E-state index contributed by atoms with van der Waals surface area (Å²) >= 11 is 6.52. The molecule has 0 aliphatic heterocycles. The van der Waals surface area contributed by atoms with E-state index in [0.29, 0.717) is 28.1 Å². The van der Waals surface area contributed by atoms with Crippen molar-refractivity contribution in [3.63, 3.8) is 0 Å². The molecule has 2 atom stereocenters. The number of fused-ring (bicyclic) bond motifs is 3. The number of aromatic nitrogens is 2. The first kappa shape index (κ1) is 20.6. The van der Waals surface area contributed by atoms with Gasteiger partial charge >= 0.3 is 6.03 Å². The molecule has 5 rings (SSSR count). The van der Waals surface area contributed by atoms with Crippen LogP contribution in [0.25, 0.3) is 21.8 Å². The van der Waals surface area contributed by atoms with E-state index in [1.165, 1.54) is 0 Å². The number of pyridine rings is 1. The van der Waals surface area contributed by atoms with Gasteiger partial charge in [-0.1, -0.05) is 41.0 Å². The van der Waals surface area contributed by atoms with Crippen molar-refractivity contribution in [2.45, 2.75) is 44.7 Å². The minimum Gasteiger partial charge on any atom is -0.360 e. The van der Waals surface area contributed by atoms with Gasteiger partial charge in [0.1, 0.15) is 16.7 Å². The molecule has 2 aromatic heterocycles. The predicted octanol–water partition coefficient (Wildman–Crippen LogP) is 5.41. The molecule has 2 aromatic carbocycles. The maximum absolute atomic E-state index is 13.5. The van der Waals surface area contributed by atoms with Crippen LogP contribution >= 0.6 is 11.6 Å². The Morgan fingerprint density at radius 3 is 2.75 bits per heavy atom. The highest BCUT2D eigenvalue weighted by atomic mass is 35.5. The monoisotopic (exact) mass is 450 g/mol. The topological polar surface area (TPSA) is 89.2 Å². The molecule has 1 fully saturated rings. The van der Waals surface area contributed by atoms with Gasteiger partial charge in [0.25, 0.3) is 5.56 Å². The second kappa shape index (κ2) is 8.31. The summed E-state index contributed by atoms with van der Waals surface area (Å²) in [4.78, 5) is 26.0. The standard InChI is InChI=1S/C24H23ClN4O3/c1-14-20-22(28-32-14)21-18(25)11-6-12-19(21)29(23(20)30)17-10-5-9-16(13-17)27-24(31)26-15-7-3-2-4-8-15/h2-4,6-8,11-12,16-17H,5,9-10,13H2,1H3,(H2,26,27,31). The van der Waals surface area contributed by atoms with Gasteiger partial charge in [0.15, 0.2) is 0 Å². The fraction of sp³-hybridized carbons (Fsp3) is 0.292. The smallest absolute Gasteiger partial charge is 0.319 e. The van der Waals surface area contributed by atoms with Crippen LogP contribution in [-0.4, -0.2) is 21.8 Å². The van der Waals surface area contributed by atoms with Gasteiger partial charge < -0.3 is 19.7 Å². The minimum atomic E-state index is -0.243. The van der Waals surface area contributed by atoms with Crippen molar-refractivity contribution < 1.29 is 9.32 Å². The Morgan fingerprint density at radius 2 is 1.94 bits per heavy atom. The summed E-state index contributed by atoms with van der Waals surface area (Å²) in [7, 11) is 0. The van der Waals surface area contributed by atoms with Crippen molar-refractivity contribution in [2.75, 3.05) is 5.32 Å². The van der Waals surface area contributed by atoms with Gasteiger partial charge in [0, 0.05) is 23.2 Å². The van der Waals surface area contributed by atoms with E-state index < -0.39 is 0 Å². The summed E-state index contributed by atoms with van der Waals surface area (Å²) in [5.41, 5.74) is 1.84. The number of nitrogens with zero attached hydrogens (tertiary/aromatic N) is 2. The van der Waals surface area contributed by atoms with E-state index in [0.717, 1.165) is 35.9 Å². The molecule has 8 heteroatoms. The number of nitrogens with one attached hydrogen (secondary N) is 2. The van der Waals surface area contributed by atoms with Gasteiger partial charge in [-0.05, 0) is 56.9 Å². The van der Waals surface area contributed by atoms with Crippen molar-refractivity contribution in [1.29, 1.82) is 0 Å². The van der Waals surface area contributed by atoms with Crippen LogP contribution < -0.4 is 16.2 Å². The van der Waals surface area contributed by atoms with Crippen LogP contribution in [0.2, 0.25) is 5.02 Å². The lowest BCUT2D eigenvalue weighted by atomic mass is 9.90. The van der Waals surface area contributed by atoms with Crippen molar-refractivity contribution >= 4 is 45.1 Å². The van der Waals surface area contributed by atoms with Crippen LogP contribution in [0.5, 0.6) is 0 Å². The molecule has 7 nitrogen and oxygen atoms in total. The third-order valence-electron chi connectivity index (χ3n) is 6.16. The first-order valence-electron chi connectivity index (χ1n) is 10.7. The van der Waals surface area contributed by atoms with Gasteiger partial charge in [0.2, 0.25) is 0 Å². The predicted molar refractivity (Wildman–Crippen MR) is 125 cm³/mol. The van der Waals surface area contributed by atoms with Gasteiger partial charge in [-0.25, -0.2) is 4.79 Å². The molecule has 0 spiro atoms. The van der Waals surface area contributed by atoms with Crippen LogP contribution in [0.4, 0.5) is 10.5 Å². The van der Waals surface area contributed by atoms with E-state index in [1.807, 2.05) is 47.0 Å². The van der Waals surface area contributed by atoms with Crippen LogP contribution in [-0.2, 0) is 0 Å². The number of halogens is 1. The number of benzene rings is 2. The average Bonchev–Trinajstić information content (AvgIpc) is 3.16. The largest absolute Gasteiger partial charge is 0.360 e. The highest BCUT2D eigenvalue weighted by molar-refractivity contribution is 6.37. The normalized spacial score (nSPS) is 18.7. The molecule has 2 amide bonds. The van der Waals surface area contributed by atoms with E-state index >= 15 is 0 Å². The lowest BCUT2D eigenvalue weighted by molar-refractivity contribution is 0.236. The molecule has 32 heavy (non-hydrogen) atoms. The molecule has 2 N–H and O–H groups in total. The molecule has 2 heterocycles. The highest BCUT2D eigenvalue weighted by Crippen LogP contribution is 2.35. The zero-order valence-electron chi connectivity index (χ0n) is 17.6. The Kier molecular flexibility index (Phi) is 5.35. The van der Waals surface area contributed by atoms with Gasteiger partial charge in [-0.2, -0.15) is 0 Å². The SMILES string of the molecule is Cc1onc2c1c(=O)n(C1CCCC(NC(=O)Nc3ccccc3)C1)c1cccc(Cl)c21. The number of carbonyl (C=O) groups excluding carboxylic acids is 1. The van der Waals surface area contributed by atoms with Gasteiger partial charge in [0.05, 0.1) is 10.5 Å². The first-order valence-corrected chi connectivity index (χ1v) is 11.1. The molecule has 4 aromatic rings. The summed E-state index contributed by atoms with van der Waals surface area (Å²) in [6.45, 7) is 1.74. The van der Waals surface area contributed by atoms with E-state index in [-0.39, 0.29) is 23.7 Å². The summed E-state index contributed by atoms with van der Waals surface area (Å²) in [5.74, 6) is 0.480. The first-order chi connectivity index (χ1) is 15.5. The lowest BCUT2D eigenvalue weighted by Gasteiger charge is -2.32. The fourth-order valence-corrected chi connectivity index (χ4v) is 5.00. The molecule has 1 aliphatic rings. The quantitative estimate of drug-likeness (QED) is 0.436. The van der Waals surface area contributed by atoms with Crippen molar-refractivity contribution in [3.05, 3.63) is 69.7 Å². The molecule has 164 valence electrons. The van der Waals surface area contributed by atoms with Gasteiger partial charge in [-0.3, -0.25) is 4.79 Å². The maximum Gasteiger partial charge on any atom is 0.319 e. The zero-order chi connectivity index (χ0) is 22.2. The highest BCUT2D eigenvalue weighted by Gasteiger charge is 2.28. The Balaban J connectivity index is 1.48. The number of para-hydroxylation sites is 1. The molecule has 1 aliphatic carbocycles. The van der Waals surface area contributed by atoms with Gasteiger partial charge in [-0.15, -0.1) is 0 Å². The summed E-state index contributed by atoms with van der Waals surface area (Å²) in [5, 5.41) is 11.8. The number of anilines is 1. The van der Waals surface area contributed by atoms with Crippen molar-refractivity contribution in [3.8, 4) is 0 Å². The number of rotatable bonds is 3. The molecule has 0 radical (unpaired) electrons. The van der Waals surface area contributed by atoms with E-state index in [2.05, 4.69) is 15.8 Å². The van der Waals surface area contributed by atoms with Crippen LogP contribution in [0.15, 0.2) is 57.8 Å². The molecule has 1 saturated carbocycles. The molecular weight excluding hydrogens is 428 g/mol. The lowest BCUT2D eigenvalue weighted by Crippen LogP contribution is -2.42. The average molecular weight is 451 g/mol. The second-order valence-corrected chi connectivity index (χ2v) is 8.66. The molecular formula is C24H23ClN4O3. The maximum atomic E-state index is 13.5. The summed E-state index contributed by atoms with van der Waals surface area (Å²) in [6.07, 6.45) is 3.26. The van der Waals surface area contributed by atoms with Crippen LogP contribution in [0.1, 0.15) is 37.5 Å². The second-order valence-electron chi connectivity index (χ2n) is 8.25. The fourth-order valence-electron chi connectivity index (χ4n) is 4.74. The number of hydrogen-bond acceptors (Lipinski definition) is 4. The third kappa shape index (κ3) is 3.62. The van der Waals surface area contributed by atoms with Crippen LogP contribution in [0, 0.1) is 6.92 Å². The third-order valence-corrected chi connectivity index (χ3v) is 6.48. The molecule has 0 bridgehead atoms. The Hall–Kier alpha value is -3.32. The van der Waals surface area contributed by atoms with E-state index in [4.69, 9.17) is 16.1 Å². The summed E-state index contributed by atoms with van der Waals surface area (Å²) in [6, 6.07) is 14.5. The number of amides is 2. The minimum absolute atomic E-state index is 0.0436. The number of urea groups is 1. The Bertz CT molecular complexity index is 1360. The van der Waals surface area contributed by atoms with Crippen molar-refractivity contribution in [2.24, 2.45) is 0 Å². The number of aryl methyl sites for hydroxylation is 1.